The molecule has 0 amide bonds. The lowest BCUT2D eigenvalue weighted by atomic mass is 10.2. The minimum absolute atomic E-state index is 0.0355. The lowest BCUT2D eigenvalue weighted by Gasteiger charge is -2.04. The summed E-state index contributed by atoms with van der Waals surface area (Å²) < 4.78 is 0.904. The van der Waals surface area contributed by atoms with Gasteiger partial charge in [0.05, 0.1) is 11.2 Å². The molecule has 90 valence electrons. The third-order valence-electron chi connectivity index (χ3n) is 2.31. The summed E-state index contributed by atoms with van der Waals surface area (Å²) in [7, 11) is 0. The van der Waals surface area contributed by atoms with Crippen molar-refractivity contribution in [2.24, 2.45) is 0 Å². The molecule has 0 bridgehead atoms. The number of carbonyl (C=O) groups excluding carboxylic acids is 1. The molecule has 0 saturated heterocycles. The number of halogens is 1. The van der Waals surface area contributed by atoms with Gasteiger partial charge < -0.3 is 10.8 Å². The summed E-state index contributed by atoms with van der Waals surface area (Å²) in [6.45, 7) is 0. The number of aromatic hydroxyl groups is 1. The fraction of sp³-hybridized carbons (Fsp3) is 0. The Kier molecular flexibility index (Phi) is 2.92. The Balaban J connectivity index is 2.45. The van der Waals surface area contributed by atoms with Crippen LogP contribution in [-0.2, 0) is 0 Å². The van der Waals surface area contributed by atoms with Crippen LogP contribution >= 0.6 is 11.6 Å². The summed E-state index contributed by atoms with van der Waals surface area (Å²) >= 11 is 5.70. The monoisotopic (exact) mass is 262 g/mol. The molecule has 2 aromatic rings. The van der Waals surface area contributed by atoms with Gasteiger partial charge in [-0.1, -0.05) is 11.6 Å². The lowest BCUT2D eigenvalue weighted by molar-refractivity contribution is 0.0948. The predicted molar refractivity (Wildman–Crippen MR) is 64.2 cm³/mol. The van der Waals surface area contributed by atoms with Gasteiger partial charge in [0.25, 0.3) is 5.91 Å². The van der Waals surface area contributed by atoms with Crippen LogP contribution in [0.4, 0.5) is 5.82 Å². The molecule has 7 heteroatoms. The number of hydrogen-bond donors (Lipinski definition) is 2. The van der Waals surface area contributed by atoms with E-state index in [2.05, 4.69) is 5.10 Å². The van der Waals surface area contributed by atoms with Gasteiger partial charge in [0.1, 0.15) is 23.2 Å². The predicted octanol–water partition coefficient (Wildman–Crippen LogP) is 1.38. The van der Waals surface area contributed by atoms with Gasteiger partial charge >= 0.3 is 0 Å². The molecule has 0 radical (unpaired) electrons. The van der Waals surface area contributed by atoms with E-state index in [-0.39, 0.29) is 27.7 Å². The Morgan fingerprint density at radius 3 is 2.83 bits per heavy atom. The van der Waals surface area contributed by atoms with Crippen LogP contribution < -0.4 is 5.73 Å². The smallest absolute Gasteiger partial charge is 0.280 e. The van der Waals surface area contributed by atoms with Crippen LogP contribution in [0, 0.1) is 11.3 Å². The fourth-order valence-electron chi connectivity index (χ4n) is 1.37. The number of nitrogens with zero attached hydrogens (tertiary/aromatic N) is 3. The van der Waals surface area contributed by atoms with Crippen LogP contribution in [0.3, 0.4) is 0 Å². The second kappa shape index (κ2) is 4.39. The maximum atomic E-state index is 12.0. The highest BCUT2D eigenvalue weighted by atomic mass is 35.5. The van der Waals surface area contributed by atoms with Crippen molar-refractivity contribution in [2.75, 3.05) is 5.73 Å². The van der Waals surface area contributed by atoms with Gasteiger partial charge in [-0.15, -0.1) is 0 Å². The van der Waals surface area contributed by atoms with Crippen molar-refractivity contribution in [2.45, 2.75) is 0 Å². The van der Waals surface area contributed by atoms with Crippen molar-refractivity contribution in [3.05, 3.63) is 40.5 Å². The van der Waals surface area contributed by atoms with E-state index in [9.17, 15) is 9.90 Å². The summed E-state index contributed by atoms with van der Waals surface area (Å²) in [5, 5.41) is 21.8. The third kappa shape index (κ3) is 1.87. The number of aromatic nitrogens is 2. The van der Waals surface area contributed by atoms with E-state index in [0.717, 1.165) is 4.68 Å². The molecule has 18 heavy (non-hydrogen) atoms. The number of rotatable bonds is 1. The molecule has 0 aliphatic rings. The van der Waals surface area contributed by atoms with Crippen molar-refractivity contribution in [3.63, 3.8) is 0 Å². The Morgan fingerprint density at radius 2 is 2.28 bits per heavy atom. The minimum Gasteiger partial charge on any atom is -0.506 e. The SMILES string of the molecule is N#Cc1cnn(C(=O)c2ccc(O)c(Cl)c2)c1N. The maximum absolute atomic E-state index is 12.0. The topological polar surface area (TPSA) is 105 Å². The summed E-state index contributed by atoms with van der Waals surface area (Å²) in [4.78, 5) is 12.0. The maximum Gasteiger partial charge on any atom is 0.280 e. The second-order valence-electron chi connectivity index (χ2n) is 3.44. The van der Waals surface area contributed by atoms with E-state index in [1.165, 1.54) is 24.4 Å². The minimum atomic E-state index is -0.532. The summed E-state index contributed by atoms with van der Waals surface area (Å²) in [5.74, 6) is -0.693. The molecule has 6 nitrogen and oxygen atoms in total. The Morgan fingerprint density at radius 1 is 1.56 bits per heavy atom. The molecule has 0 unspecified atom stereocenters. The van der Waals surface area contributed by atoms with Gasteiger partial charge in [-0.2, -0.15) is 15.0 Å². The van der Waals surface area contributed by atoms with Gasteiger partial charge in [0.2, 0.25) is 0 Å². The van der Waals surface area contributed by atoms with Crippen molar-refractivity contribution in [1.82, 2.24) is 9.78 Å². The first-order valence-electron chi connectivity index (χ1n) is 4.81. The number of phenols is 1. The van der Waals surface area contributed by atoms with E-state index >= 15 is 0 Å². The molecule has 2 rings (SSSR count). The zero-order valence-corrected chi connectivity index (χ0v) is 9.72. The molecule has 1 aromatic carbocycles. The third-order valence-corrected chi connectivity index (χ3v) is 2.62. The lowest BCUT2D eigenvalue weighted by Crippen LogP contribution is -2.16. The Hall–Kier alpha value is -2.52. The largest absolute Gasteiger partial charge is 0.506 e. The first-order valence-corrected chi connectivity index (χ1v) is 5.19. The number of anilines is 1. The van der Waals surface area contributed by atoms with Crippen LogP contribution in [0.1, 0.15) is 15.9 Å². The zero-order valence-electron chi connectivity index (χ0n) is 8.96. The number of nitrogens with two attached hydrogens (primary N) is 1. The van der Waals surface area contributed by atoms with E-state index < -0.39 is 5.91 Å². The first kappa shape index (κ1) is 12.0. The summed E-state index contributed by atoms with van der Waals surface area (Å²) in [6.07, 6.45) is 1.20. The molecule has 0 saturated carbocycles. The van der Waals surface area contributed by atoms with Gasteiger partial charge in [-0.05, 0) is 18.2 Å². The van der Waals surface area contributed by atoms with E-state index in [1.54, 1.807) is 0 Å². The summed E-state index contributed by atoms with van der Waals surface area (Å²) in [5.41, 5.74) is 5.92. The summed E-state index contributed by atoms with van der Waals surface area (Å²) in [6, 6.07) is 5.79. The number of hydrogen-bond acceptors (Lipinski definition) is 5. The van der Waals surface area contributed by atoms with Crippen molar-refractivity contribution in [3.8, 4) is 11.8 Å². The molecule has 0 atom stereocenters. The molecular weight excluding hydrogens is 256 g/mol. The molecular formula is C11H7ClN4O2. The highest BCUT2D eigenvalue weighted by Gasteiger charge is 2.16. The van der Waals surface area contributed by atoms with Crippen molar-refractivity contribution >= 4 is 23.3 Å². The number of carbonyl (C=O) groups is 1. The normalized spacial score (nSPS) is 10.0. The van der Waals surface area contributed by atoms with Gasteiger partial charge in [0.15, 0.2) is 0 Å². The average molecular weight is 263 g/mol. The van der Waals surface area contributed by atoms with Crippen molar-refractivity contribution in [1.29, 1.82) is 5.26 Å². The Labute approximate surface area is 107 Å². The molecule has 0 aliphatic carbocycles. The highest BCUT2D eigenvalue weighted by Crippen LogP contribution is 2.24. The second-order valence-corrected chi connectivity index (χ2v) is 3.85. The molecule has 0 spiro atoms. The molecule has 0 aliphatic heterocycles. The zero-order chi connectivity index (χ0) is 13.3. The molecule has 0 fully saturated rings. The quantitative estimate of drug-likeness (QED) is 0.808. The van der Waals surface area contributed by atoms with Crippen molar-refractivity contribution < 1.29 is 9.90 Å². The first-order chi connectivity index (χ1) is 8.54. The van der Waals surface area contributed by atoms with Crippen LogP contribution in [0.25, 0.3) is 0 Å². The average Bonchev–Trinajstić information content (AvgIpc) is 2.73. The van der Waals surface area contributed by atoms with Crippen LogP contribution in [-0.4, -0.2) is 20.8 Å². The Bertz CT molecular complexity index is 672. The van der Waals surface area contributed by atoms with Gasteiger partial charge in [-0.25, -0.2) is 0 Å². The number of nitriles is 1. The van der Waals surface area contributed by atoms with E-state index in [4.69, 9.17) is 22.6 Å². The van der Waals surface area contributed by atoms with Gasteiger partial charge in [0, 0.05) is 5.56 Å². The highest BCUT2D eigenvalue weighted by molar-refractivity contribution is 6.32. The molecule has 3 N–H and O–H groups in total. The number of phenolic OH excluding ortho intramolecular Hbond substituents is 1. The molecule has 1 heterocycles. The standard InChI is InChI=1S/C11H7ClN4O2/c12-8-3-6(1-2-9(8)17)11(18)16-10(14)7(4-13)5-15-16/h1-3,5,17H,14H2. The van der Waals surface area contributed by atoms with Gasteiger partial charge in [-0.3, -0.25) is 4.79 Å². The van der Waals surface area contributed by atoms with Crippen LogP contribution in [0.2, 0.25) is 5.02 Å². The fourth-order valence-corrected chi connectivity index (χ4v) is 1.55. The van der Waals surface area contributed by atoms with Crippen LogP contribution in [0.5, 0.6) is 5.75 Å². The van der Waals surface area contributed by atoms with E-state index in [1.807, 2.05) is 6.07 Å². The van der Waals surface area contributed by atoms with Crippen LogP contribution in [0.15, 0.2) is 24.4 Å². The van der Waals surface area contributed by atoms with E-state index in [0.29, 0.717) is 0 Å². The number of nitrogen functional groups attached to an aromatic ring is 1. The molecule has 1 aromatic heterocycles. The number of benzene rings is 1.